The number of anilines is 1. The van der Waals surface area contributed by atoms with Crippen molar-refractivity contribution >= 4 is 16.5 Å². The quantitative estimate of drug-likeness (QED) is 0.833. The number of rotatable bonds is 3. The highest BCUT2D eigenvalue weighted by Crippen LogP contribution is 2.22. The Bertz CT molecular complexity index is 424. The average molecular weight is 211 g/mol. The van der Waals surface area contributed by atoms with E-state index in [-0.39, 0.29) is 0 Å². The summed E-state index contributed by atoms with van der Waals surface area (Å²) in [6.07, 6.45) is 0. The lowest BCUT2D eigenvalue weighted by Crippen LogP contribution is -1.83. The molecule has 0 aliphatic carbocycles. The van der Waals surface area contributed by atoms with Crippen LogP contribution in [0.3, 0.4) is 0 Å². The van der Waals surface area contributed by atoms with Gasteiger partial charge in [-0.15, -0.1) is 11.3 Å². The van der Waals surface area contributed by atoms with E-state index in [0.29, 0.717) is 23.2 Å². The summed E-state index contributed by atoms with van der Waals surface area (Å²) in [6.45, 7) is 0.409. The fourth-order valence-corrected chi connectivity index (χ4v) is 1.61. The summed E-state index contributed by atoms with van der Waals surface area (Å²) in [6, 6.07) is 1.79. The maximum absolute atomic E-state index is 5.51. The van der Waals surface area contributed by atoms with Gasteiger partial charge in [0.05, 0.1) is 0 Å². The topological polar surface area (TPSA) is 74.2 Å². The highest BCUT2D eigenvalue weighted by atomic mass is 32.1. The van der Waals surface area contributed by atoms with Gasteiger partial charge in [0.25, 0.3) is 0 Å². The summed E-state index contributed by atoms with van der Waals surface area (Å²) < 4.78 is 9.92. The van der Waals surface area contributed by atoms with Crippen LogP contribution < -0.4 is 5.73 Å². The molecule has 0 fully saturated rings. The Balaban J connectivity index is 2.24. The van der Waals surface area contributed by atoms with Crippen molar-refractivity contribution in [2.24, 2.45) is 0 Å². The molecule has 0 radical (unpaired) electrons. The fourth-order valence-electron chi connectivity index (χ4n) is 1.05. The van der Waals surface area contributed by atoms with Gasteiger partial charge in [-0.2, -0.15) is 0 Å². The third-order valence-corrected chi connectivity index (χ3v) is 2.30. The third kappa shape index (κ3) is 1.75. The van der Waals surface area contributed by atoms with Gasteiger partial charge < -0.3 is 15.0 Å². The lowest BCUT2D eigenvalue weighted by atomic mass is 10.3. The van der Waals surface area contributed by atoms with Crippen LogP contribution in [-0.2, 0) is 11.3 Å². The lowest BCUT2D eigenvalue weighted by molar-refractivity contribution is 0.156. The van der Waals surface area contributed by atoms with Gasteiger partial charge in [0.15, 0.2) is 10.9 Å². The molecule has 2 aromatic rings. The Hall–Kier alpha value is -1.40. The molecule has 0 aliphatic heterocycles. The van der Waals surface area contributed by atoms with Crippen LogP contribution in [0.5, 0.6) is 0 Å². The number of hydrogen-bond acceptors (Lipinski definition) is 6. The van der Waals surface area contributed by atoms with Crippen molar-refractivity contribution < 1.29 is 9.26 Å². The number of ether oxygens (including phenoxy) is 1. The molecule has 2 heterocycles. The molecule has 0 saturated carbocycles. The van der Waals surface area contributed by atoms with Crippen LogP contribution in [-0.4, -0.2) is 17.3 Å². The first kappa shape index (κ1) is 9.17. The standard InChI is InChI=1S/C8H9N3O2S/c1-12-3-5-2-6(11-13-5)7-4-14-8(9)10-7/h2,4H,3H2,1H3,(H2,9,10). The van der Waals surface area contributed by atoms with Crippen molar-refractivity contribution in [1.82, 2.24) is 10.1 Å². The average Bonchev–Trinajstić information content (AvgIpc) is 2.74. The van der Waals surface area contributed by atoms with Gasteiger partial charge >= 0.3 is 0 Å². The highest BCUT2D eigenvalue weighted by Gasteiger charge is 2.08. The molecule has 14 heavy (non-hydrogen) atoms. The summed E-state index contributed by atoms with van der Waals surface area (Å²) in [5.41, 5.74) is 6.93. The Labute approximate surface area is 84.5 Å². The maximum Gasteiger partial charge on any atom is 0.180 e. The smallest absolute Gasteiger partial charge is 0.180 e. The largest absolute Gasteiger partial charge is 0.377 e. The van der Waals surface area contributed by atoms with Gasteiger partial charge in [-0.3, -0.25) is 0 Å². The van der Waals surface area contributed by atoms with Gasteiger partial charge in [0, 0.05) is 18.6 Å². The van der Waals surface area contributed by atoms with Gasteiger partial charge in [-0.05, 0) is 0 Å². The molecule has 0 aliphatic rings. The van der Waals surface area contributed by atoms with E-state index in [1.807, 2.05) is 5.38 Å². The molecule has 6 heteroatoms. The molecule has 2 N–H and O–H groups in total. The molecule has 2 aromatic heterocycles. The zero-order chi connectivity index (χ0) is 9.97. The van der Waals surface area contributed by atoms with Crippen molar-refractivity contribution in [2.75, 3.05) is 12.8 Å². The van der Waals surface area contributed by atoms with Gasteiger partial charge in [-0.25, -0.2) is 4.98 Å². The number of nitrogen functional groups attached to an aromatic ring is 1. The summed E-state index contributed by atoms with van der Waals surface area (Å²) in [5.74, 6) is 0.675. The minimum atomic E-state index is 0.409. The van der Waals surface area contributed by atoms with Crippen LogP contribution in [0.4, 0.5) is 5.13 Å². The molecule has 0 saturated heterocycles. The van der Waals surface area contributed by atoms with Crippen LogP contribution in [0.1, 0.15) is 5.76 Å². The second-order valence-corrected chi connectivity index (χ2v) is 3.57. The molecule has 0 bridgehead atoms. The van der Waals surface area contributed by atoms with E-state index < -0.39 is 0 Å². The molecule has 5 nitrogen and oxygen atoms in total. The van der Waals surface area contributed by atoms with Crippen LogP contribution in [0.25, 0.3) is 11.4 Å². The van der Waals surface area contributed by atoms with Gasteiger partial charge in [0.1, 0.15) is 18.0 Å². The number of nitrogens with zero attached hydrogens (tertiary/aromatic N) is 2. The predicted octanol–water partition coefficient (Wildman–Crippen LogP) is 1.53. The zero-order valence-corrected chi connectivity index (χ0v) is 8.37. The molecule has 0 amide bonds. The number of nitrogens with two attached hydrogens (primary N) is 1. The molecule has 2 rings (SSSR count). The summed E-state index contributed by atoms with van der Waals surface area (Å²) in [4.78, 5) is 4.09. The summed E-state index contributed by atoms with van der Waals surface area (Å²) in [7, 11) is 1.60. The van der Waals surface area contributed by atoms with Crippen LogP contribution in [0.15, 0.2) is 16.0 Å². The van der Waals surface area contributed by atoms with E-state index >= 15 is 0 Å². The van der Waals surface area contributed by atoms with Gasteiger partial charge in [-0.1, -0.05) is 5.16 Å². The fraction of sp³-hybridized carbons (Fsp3) is 0.250. The molecule has 0 aromatic carbocycles. The Morgan fingerprint density at radius 1 is 1.57 bits per heavy atom. The summed E-state index contributed by atoms with van der Waals surface area (Å²) >= 11 is 1.38. The number of hydrogen-bond donors (Lipinski definition) is 1. The Morgan fingerprint density at radius 2 is 2.43 bits per heavy atom. The first-order valence-electron chi connectivity index (χ1n) is 3.95. The molecular formula is C8H9N3O2S. The van der Waals surface area contributed by atoms with Crippen molar-refractivity contribution in [3.8, 4) is 11.4 Å². The van der Waals surface area contributed by atoms with Crippen LogP contribution in [0.2, 0.25) is 0 Å². The maximum atomic E-state index is 5.51. The molecule has 0 unspecified atom stereocenters. The summed E-state index contributed by atoms with van der Waals surface area (Å²) in [5, 5.41) is 6.21. The number of methoxy groups -OCH3 is 1. The number of aromatic nitrogens is 2. The molecular weight excluding hydrogens is 202 g/mol. The van der Waals surface area contributed by atoms with Crippen molar-refractivity contribution in [3.05, 3.63) is 17.2 Å². The van der Waals surface area contributed by atoms with E-state index in [1.165, 1.54) is 11.3 Å². The highest BCUT2D eigenvalue weighted by molar-refractivity contribution is 7.13. The normalized spacial score (nSPS) is 10.6. The predicted molar refractivity (Wildman–Crippen MR) is 52.7 cm³/mol. The Kier molecular flexibility index (Phi) is 2.47. The second kappa shape index (κ2) is 3.77. The second-order valence-electron chi connectivity index (χ2n) is 2.68. The van der Waals surface area contributed by atoms with Crippen LogP contribution >= 0.6 is 11.3 Å². The van der Waals surface area contributed by atoms with E-state index in [9.17, 15) is 0 Å². The molecule has 0 atom stereocenters. The minimum Gasteiger partial charge on any atom is -0.377 e. The van der Waals surface area contributed by atoms with Crippen LogP contribution in [0, 0.1) is 0 Å². The van der Waals surface area contributed by atoms with Crippen molar-refractivity contribution in [1.29, 1.82) is 0 Å². The third-order valence-electron chi connectivity index (χ3n) is 1.63. The SMILES string of the molecule is COCc1cc(-c2csc(N)n2)no1. The lowest BCUT2D eigenvalue weighted by Gasteiger charge is -1.87. The monoisotopic (exact) mass is 211 g/mol. The Morgan fingerprint density at radius 3 is 3.07 bits per heavy atom. The van der Waals surface area contributed by atoms with E-state index in [1.54, 1.807) is 13.2 Å². The first-order valence-corrected chi connectivity index (χ1v) is 4.83. The number of thiazole rings is 1. The zero-order valence-electron chi connectivity index (χ0n) is 7.56. The van der Waals surface area contributed by atoms with E-state index in [4.69, 9.17) is 15.0 Å². The van der Waals surface area contributed by atoms with E-state index in [2.05, 4.69) is 10.1 Å². The van der Waals surface area contributed by atoms with Gasteiger partial charge in [0.2, 0.25) is 0 Å². The van der Waals surface area contributed by atoms with Crippen molar-refractivity contribution in [2.45, 2.75) is 6.61 Å². The van der Waals surface area contributed by atoms with E-state index in [0.717, 1.165) is 5.69 Å². The molecule has 74 valence electrons. The minimum absolute atomic E-state index is 0.409. The van der Waals surface area contributed by atoms with Crippen molar-refractivity contribution in [3.63, 3.8) is 0 Å². The first-order chi connectivity index (χ1) is 6.79. The molecule has 0 spiro atoms.